The Labute approximate surface area is 313 Å². The predicted molar refractivity (Wildman–Crippen MR) is 232 cm³/mol. The van der Waals surface area contributed by atoms with Crippen molar-refractivity contribution in [1.82, 2.24) is 0 Å². The van der Waals surface area contributed by atoms with Gasteiger partial charge in [-0.25, -0.2) is 0 Å². The molecule has 0 saturated heterocycles. The van der Waals surface area contributed by atoms with Crippen LogP contribution in [0.4, 0.5) is 0 Å². The molecule has 0 spiro atoms. The van der Waals surface area contributed by atoms with Gasteiger partial charge in [-0.3, -0.25) is 0 Å². The average molecular weight is 681 g/mol. The third-order valence-corrected chi connectivity index (χ3v) is 11.9. The fraction of sp³-hybridized carbons (Fsp3) is 0. The minimum absolute atomic E-state index is 1.23. The van der Waals surface area contributed by atoms with Crippen LogP contribution in [0.5, 0.6) is 0 Å². The zero-order chi connectivity index (χ0) is 35.3. The van der Waals surface area contributed by atoms with Gasteiger partial charge >= 0.3 is 0 Å². The molecule has 1 aliphatic carbocycles. The first-order valence-corrected chi connectivity index (χ1v) is 18.8. The van der Waals surface area contributed by atoms with E-state index in [-0.39, 0.29) is 0 Å². The highest BCUT2D eigenvalue weighted by atomic mass is 14.2. The van der Waals surface area contributed by atoms with Crippen LogP contribution in [0.15, 0.2) is 194 Å². The predicted octanol–water partition coefficient (Wildman–Crippen LogP) is 15.3. The van der Waals surface area contributed by atoms with E-state index in [2.05, 4.69) is 194 Å². The molecule has 0 saturated carbocycles. The van der Waals surface area contributed by atoms with Crippen molar-refractivity contribution in [3.8, 4) is 55.6 Å². The first kappa shape index (κ1) is 29.5. The molecule has 248 valence electrons. The number of rotatable bonds is 3. The Balaban J connectivity index is 0.932. The SMILES string of the molecule is c1ccc2c(c1)-c1cccc3c(-c4ccc5ccc(-c6ccc7cc(-c8cc9ccc%10ccccc%10c9c9ccccc89)ccc7c6)cc5c4)ccc-2c13. The van der Waals surface area contributed by atoms with E-state index in [4.69, 9.17) is 0 Å². The second-order valence-electron chi connectivity index (χ2n) is 14.8. The summed E-state index contributed by atoms with van der Waals surface area (Å²) in [5, 5.41) is 15.5. The van der Waals surface area contributed by atoms with E-state index in [1.807, 2.05) is 0 Å². The van der Waals surface area contributed by atoms with Gasteiger partial charge in [0, 0.05) is 0 Å². The molecule has 0 N–H and O–H groups in total. The van der Waals surface area contributed by atoms with Crippen LogP contribution in [-0.4, -0.2) is 0 Å². The maximum atomic E-state index is 2.38. The van der Waals surface area contributed by atoms with Crippen molar-refractivity contribution < 1.29 is 0 Å². The van der Waals surface area contributed by atoms with Crippen LogP contribution in [0, 0.1) is 0 Å². The summed E-state index contributed by atoms with van der Waals surface area (Å²) in [7, 11) is 0. The normalized spacial score (nSPS) is 12.1. The average Bonchev–Trinajstić information content (AvgIpc) is 3.57. The maximum Gasteiger partial charge on any atom is -0.00201 e. The molecule has 0 atom stereocenters. The summed E-state index contributed by atoms with van der Waals surface area (Å²) in [4.78, 5) is 0. The molecule has 12 rings (SSSR count). The summed E-state index contributed by atoms with van der Waals surface area (Å²) >= 11 is 0. The first-order valence-electron chi connectivity index (χ1n) is 18.8. The smallest absolute Gasteiger partial charge is 0.00201 e. The van der Waals surface area contributed by atoms with Crippen LogP contribution < -0.4 is 0 Å². The summed E-state index contributed by atoms with van der Waals surface area (Å²) < 4.78 is 0. The van der Waals surface area contributed by atoms with Crippen molar-refractivity contribution >= 4 is 64.6 Å². The van der Waals surface area contributed by atoms with Gasteiger partial charge < -0.3 is 0 Å². The van der Waals surface area contributed by atoms with Crippen LogP contribution in [-0.2, 0) is 0 Å². The van der Waals surface area contributed by atoms with E-state index < -0.39 is 0 Å². The zero-order valence-corrected chi connectivity index (χ0v) is 29.5. The largest absolute Gasteiger partial charge is 0.0616 e. The van der Waals surface area contributed by atoms with Crippen molar-refractivity contribution in [1.29, 1.82) is 0 Å². The maximum absolute atomic E-state index is 2.38. The topological polar surface area (TPSA) is 0 Å². The van der Waals surface area contributed by atoms with Crippen LogP contribution in [0.1, 0.15) is 0 Å². The van der Waals surface area contributed by atoms with Crippen LogP contribution in [0.3, 0.4) is 0 Å². The Hall–Kier alpha value is -7.02. The molecule has 0 bridgehead atoms. The summed E-state index contributed by atoms with van der Waals surface area (Å²) in [6.45, 7) is 0. The lowest BCUT2D eigenvalue weighted by molar-refractivity contribution is 1.65. The molecule has 0 fully saturated rings. The van der Waals surface area contributed by atoms with Gasteiger partial charge in [-0.1, -0.05) is 164 Å². The van der Waals surface area contributed by atoms with Gasteiger partial charge in [0.2, 0.25) is 0 Å². The molecule has 0 amide bonds. The molecule has 0 heterocycles. The first-order chi connectivity index (χ1) is 26.7. The van der Waals surface area contributed by atoms with Gasteiger partial charge in [0.15, 0.2) is 0 Å². The lowest BCUT2D eigenvalue weighted by atomic mass is 9.90. The number of hydrogen-bond donors (Lipinski definition) is 0. The molecule has 1 aliphatic rings. The Kier molecular flexibility index (Phi) is 6.15. The van der Waals surface area contributed by atoms with Crippen LogP contribution in [0.25, 0.3) is 120 Å². The molecule has 54 heavy (non-hydrogen) atoms. The van der Waals surface area contributed by atoms with Gasteiger partial charge in [-0.15, -0.1) is 0 Å². The highest BCUT2D eigenvalue weighted by molar-refractivity contribution is 6.23. The second-order valence-corrected chi connectivity index (χ2v) is 14.8. The Morgan fingerprint density at radius 1 is 0.185 bits per heavy atom. The molecule has 11 aromatic carbocycles. The monoisotopic (exact) mass is 680 g/mol. The quantitative estimate of drug-likeness (QED) is 0.163. The summed E-state index contributed by atoms with van der Waals surface area (Å²) in [6, 6.07) is 72.4. The minimum atomic E-state index is 1.23. The van der Waals surface area contributed by atoms with E-state index in [9.17, 15) is 0 Å². The van der Waals surface area contributed by atoms with Gasteiger partial charge in [0.05, 0.1) is 0 Å². The van der Waals surface area contributed by atoms with Crippen molar-refractivity contribution in [2.45, 2.75) is 0 Å². The second kappa shape index (κ2) is 11.2. The minimum Gasteiger partial charge on any atom is -0.0616 e. The van der Waals surface area contributed by atoms with Crippen molar-refractivity contribution in [2.24, 2.45) is 0 Å². The lowest BCUT2D eigenvalue weighted by Gasteiger charge is -2.14. The molecule has 0 radical (unpaired) electrons. The molecule has 0 aliphatic heterocycles. The summed E-state index contributed by atoms with van der Waals surface area (Å²) in [5.74, 6) is 0. The Bertz CT molecular complexity index is 3350. The fourth-order valence-electron chi connectivity index (χ4n) is 9.36. The van der Waals surface area contributed by atoms with Gasteiger partial charge in [-0.2, -0.15) is 0 Å². The molecule has 0 unspecified atom stereocenters. The third kappa shape index (κ3) is 4.32. The highest BCUT2D eigenvalue weighted by Gasteiger charge is 2.22. The van der Waals surface area contributed by atoms with E-state index in [1.165, 1.54) is 120 Å². The Morgan fingerprint density at radius 3 is 1.48 bits per heavy atom. The van der Waals surface area contributed by atoms with Gasteiger partial charge in [0.1, 0.15) is 0 Å². The molecule has 0 heteroatoms. The molecule has 0 aromatic heterocycles. The third-order valence-electron chi connectivity index (χ3n) is 11.9. The van der Waals surface area contributed by atoms with Gasteiger partial charge in [-0.05, 0) is 151 Å². The van der Waals surface area contributed by atoms with Crippen LogP contribution in [0.2, 0.25) is 0 Å². The Morgan fingerprint density at radius 2 is 0.685 bits per heavy atom. The summed E-state index contributed by atoms with van der Waals surface area (Å²) in [6.07, 6.45) is 0. The molecule has 11 aromatic rings. The van der Waals surface area contributed by atoms with Crippen molar-refractivity contribution in [2.75, 3.05) is 0 Å². The van der Waals surface area contributed by atoms with E-state index in [1.54, 1.807) is 0 Å². The van der Waals surface area contributed by atoms with Crippen molar-refractivity contribution in [3.05, 3.63) is 194 Å². The van der Waals surface area contributed by atoms with Gasteiger partial charge in [0.25, 0.3) is 0 Å². The molecule has 0 nitrogen and oxygen atoms in total. The van der Waals surface area contributed by atoms with E-state index in [0.29, 0.717) is 0 Å². The van der Waals surface area contributed by atoms with Crippen LogP contribution >= 0.6 is 0 Å². The standard InChI is InChI=1S/C54H32/c1-2-9-44-34(8-1)18-25-41-32-52(47-12-5-6-13-49(47)53(41)44)40-24-22-36-28-35(20-21-37(36)29-40)38-19-16-33-17-23-39(31-42(33)30-38)43-26-27-51-46-11-4-3-10-45(46)50-15-7-14-48(43)54(50)51/h1-32H. The highest BCUT2D eigenvalue weighted by Crippen LogP contribution is 2.49. The molecular formula is C54H32. The number of fused-ring (bicyclic) bond motifs is 10. The number of hydrogen-bond acceptors (Lipinski definition) is 0. The zero-order valence-electron chi connectivity index (χ0n) is 29.5. The number of benzene rings is 11. The van der Waals surface area contributed by atoms with Crippen molar-refractivity contribution in [3.63, 3.8) is 0 Å². The lowest BCUT2D eigenvalue weighted by Crippen LogP contribution is -1.87. The fourth-order valence-corrected chi connectivity index (χ4v) is 9.36. The summed E-state index contributed by atoms with van der Waals surface area (Å²) in [5.41, 5.74) is 12.9. The van der Waals surface area contributed by atoms with E-state index in [0.717, 1.165) is 0 Å². The molecular weight excluding hydrogens is 649 g/mol. The van der Waals surface area contributed by atoms with E-state index >= 15 is 0 Å².